The van der Waals surface area contributed by atoms with Crippen molar-refractivity contribution in [3.8, 4) is 0 Å². The minimum Gasteiger partial charge on any atom is -0.456 e. The molecule has 0 N–H and O–H groups in total. The first-order valence-electron chi connectivity index (χ1n) is 4.09. The molecule has 0 rings (SSSR count). The van der Waals surface area contributed by atoms with E-state index in [2.05, 4.69) is 0 Å². The summed E-state index contributed by atoms with van der Waals surface area (Å²) in [4.78, 5) is 11.5. The molecule has 0 saturated carbocycles. The molecule has 14 heavy (non-hydrogen) atoms. The monoisotopic (exact) mass is 242 g/mol. The summed E-state index contributed by atoms with van der Waals surface area (Å²) >= 11 is 0. The van der Waals surface area contributed by atoms with Gasteiger partial charge in [-0.2, -0.15) is 0 Å². The van der Waals surface area contributed by atoms with Gasteiger partial charge < -0.3 is 13.9 Å². The van der Waals surface area contributed by atoms with E-state index < -0.39 is 17.4 Å². The highest BCUT2D eigenvalue weighted by atomic mass is 35.5. The zero-order valence-corrected chi connectivity index (χ0v) is 12.4. The number of halogens is 1. The summed E-state index contributed by atoms with van der Waals surface area (Å²) in [6, 6.07) is 0. The molecule has 0 saturated heterocycles. The molecule has 1 unspecified atom stereocenters. The molecule has 1 atom stereocenters. The molecule has 0 aliphatic rings. The van der Waals surface area contributed by atoms with Crippen LogP contribution in [0.15, 0.2) is 0 Å². The Morgan fingerprint density at radius 1 is 1.21 bits per heavy atom. The highest BCUT2D eigenvalue weighted by Crippen LogP contribution is 2.17. The first-order chi connectivity index (χ1) is 5.75. The fourth-order valence-corrected chi connectivity index (χ4v) is 0.954. The zero-order valence-electron chi connectivity index (χ0n) is 9.54. The number of methoxy groups -OCH3 is 1. The molecule has 0 aliphatic heterocycles. The van der Waals surface area contributed by atoms with Crippen LogP contribution in [0.5, 0.6) is 0 Å². The van der Waals surface area contributed by atoms with E-state index in [4.69, 9.17) is 13.9 Å². The fraction of sp³-hybridized carbons (Fsp3) is 0.875. The van der Waals surface area contributed by atoms with Crippen molar-refractivity contribution in [1.29, 1.82) is 0 Å². The summed E-state index contributed by atoms with van der Waals surface area (Å²) in [6.45, 7) is 6.95. The number of carbonyl (C=O) groups excluding carboxylic acids is 1. The van der Waals surface area contributed by atoms with Gasteiger partial charge in [0.2, 0.25) is 0 Å². The Labute approximate surface area is 94.2 Å². The van der Waals surface area contributed by atoms with Gasteiger partial charge in [0.1, 0.15) is 5.60 Å². The number of esters is 1. The van der Waals surface area contributed by atoms with Gasteiger partial charge in [-0.3, -0.25) is 0 Å². The summed E-state index contributed by atoms with van der Waals surface area (Å²) in [5.74, 6) is -1.74. The van der Waals surface area contributed by atoms with Gasteiger partial charge in [-0.05, 0) is 20.8 Å². The number of rotatable bonds is 3. The summed E-state index contributed by atoms with van der Waals surface area (Å²) in [5.41, 5.74) is -0.517. The molecule has 0 aliphatic carbocycles. The van der Waals surface area contributed by atoms with Gasteiger partial charge in [-0.1, -0.05) is 0 Å². The van der Waals surface area contributed by atoms with Gasteiger partial charge in [0, 0.05) is 14.0 Å². The maximum atomic E-state index is 11.5. The van der Waals surface area contributed by atoms with E-state index in [0.717, 1.165) is 0 Å². The van der Waals surface area contributed by atoms with Crippen LogP contribution in [0.3, 0.4) is 0 Å². The summed E-state index contributed by atoms with van der Waals surface area (Å²) in [5, 5.41) is 0. The first-order valence-corrected chi connectivity index (χ1v) is 4.90. The Bertz CT molecular complexity index is 186. The lowest BCUT2D eigenvalue weighted by Crippen LogP contribution is -2.44. The van der Waals surface area contributed by atoms with Crippen molar-refractivity contribution in [2.75, 3.05) is 7.11 Å². The molecule has 0 fully saturated rings. The SMILES string of the molecule is COC(C)(O[SiH3])C(=O)OC(C)(C)C.Cl. The van der Waals surface area contributed by atoms with E-state index >= 15 is 0 Å². The van der Waals surface area contributed by atoms with Crippen molar-refractivity contribution >= 4 is 28.9 Å². The molecular formula is C8H19ClO4Si. The van der Waals surface area contributed by atoms with Crippen molar-refractivity contribution in [2.45, 2.75) is 39.1 Å². The Morgan fingerprint density at radius 3 is 1.86 bits per heavy atom. The molecule has 86 valence electrons. The molecule has 0 aromatic carbocycles. The van der Waals surface area contributed by atoms with Crippen LogP contribution in [-0.4, -0.2) is 35.0 Å². The van der Waals surface area contributed by atoms with Crippen molar-refractivity contribution < 1.29 is 18.7 Å². The van der Waals surface area contributed by atoms with E-state index in [9.17, 15) is 4.79 Å². The van der Waals surface area contributed by atoms with E-state index in [0.29, 0.717) is 10.5 Å². The largest absolute Gasteiger partial charge is 0.456 e. The average molecular weight is 243 g/mol. The quantitative estimate of drug-likeness (QED) is 0.409. The standard InChI is InChI=1S/C8H18O4Si.ClH/c1-7(2,3)11-6(9)8(4,10-5)12-13;/h1-5,13H3;1H. The topological polar surface area (TPSA) is 44.8 Å². The van der Waals surface area contributed by atoms with Crippen LogP contribution in [0, 0.1) is 0 Å². The highest BCUT2D eigenvalue weighted by molar-refractivity contribution is 6.00. The molecule has 0 bridgehead atoms. The maximum Gasteiger partial charge on any atom is 0.366 e. The van der Waals surface area contributed by atoms with Crippen molar-refractivity contribution in [1.82, 2.24) is 0 Å². The van der Waals surface area contributed by atoms with E-state index in [1.807, 2.05) is 0 Å². The molecule has 4 nitrogen and oxygen atoms in total. The minimum absolute atomic E-state index is 0. The second-order valence-corrected chi connectivity index (χ2v) is 4.26. The number of ether oxygens (including phenoxy) is 2. The Kier molecular flexibility index (Phi) is 6.65. The number of carbonyl (C=O) groups is 1. The smallest absolute Gasteiger partial charge is 0.366 e. The fourth-order valence-electron chi connectivity index (χ4n) is 0.621. The van der Waals surface area contributed by atoms with Crippen LogP contribution in [0.25, 0.3) is 0 Å². The average Bonchev–Trinajstić information content (AvgIpc) is 2.00. The molecule has 0 radical (unpaired) electrons. The van der Waals surface area contributed by atoms with Gasteiger partial charge in [-0.15, -0.1) is 12.4 Å². The molecule has 0 aromatic heterocycles. The summed E-state index contributed by atoms with van der Waals surface area (Å²) in [6.07, 6.45) is 0. The highest BCUT2D eigenvalue weighted by Gasteiger charge is 2.36. The van der Waals surface area contributed by atoms with Crippen molar-refractivity contribution in [3.63, 3.8) is 0 Å². The second kappa shape index (κ2) is 5.70. The van der Waals surface area contributed by atoms with Gasteiger partial charge in [0.25, 0.3) is 5.79 Å². The minimum atomic E-state index is -1.25. The Morgan fingerprint density at radius 2 is 1.64 bits per heavy atom. The van der Waals surface area contributed by atoms with Gasteiger partial charge in [0.05, 0.1) is 0 Å². The van der Waals surface area contributed by atoms with Crippen LogP contribution in [-0.2, 0) is 18.7 Å². The predicted octanol–water partition coefficient (Wildman–Crippen LogP) is 0.409. The molecular weight excluding hydrogens is 224 g/mol. The van der Waals surface area contributed by atoms with Crippen LogP contribution >= 0.6 is 12.4 Å². The second-order valence-electron chi connectivity index (χ2n) is 3.86. The normalized spacial score (nSPS) is 15.5. The lowest BCUT2D eigenvalue weighted by molar-refractivity contribution is -0.212. The Hall–Kier alpha value is -0.103. The van der Waals surface area contributed by atoms with Gasteiger partial charge in [0.15, 0.2) is 10.5 Å². The zero-order chi connectivity index (χ0) is 10.7. The molecule has 0 aromatic rings. The lowest BCUT2D eigenvalue weighted by atomic mass is 10.2. The predicted molar refractivity (Wildman–Crippen MR) is 59.5 cm³/mol. The van der Waals surface area contributed by atoms with Crippen molar-refractivity contribution in [3.05, 3.63) is 0 Å². The summed E-state index contributed by atoms with van der Waals surface area (Å²) in [7, 11) is 1.84. The molecule has 0 amide bonds. The van der Waals surface area contributed by atoms with E-state index in [-0.39, 0.29) is 12.4 Å². The third kappa shape index (κ3) is 4.95. The third-order valence-corrected chi connectivity index (χ3v) is 2.33. The van der Waals surface area contributed by atoms with Crippen LogP contribution in [0.4, 0.5) is 0 Å². The number of hydrogen-bond donors (Lipinski definition) is 0. The first kappa shape index (κ1) is 16.3. The number of hydrogen-bond acceptors (Lipinski definition) is 4. The van der Waals surface area contributed by atoms with E-state index in [1.165, 1.54) is 7.11 Å². The lowest BCUT2D eigenvalue weighted by Gasteiger charge is -2.29. The van der Waals surface area contributed by atoms with Crippen molar-refractivity contribution in [2.24, 2.45) is 0 Å². The van der Waals surface area contributed by atoms with Crippen LogP contribution in [0.2, 0.25) is 0 Å². The summed E-state index contributed by atoms with van der Waals surface area (Å²) < 4.78 is 15.1. The van der Waals surface area contributed by atoms with Crippen LogP contribution < -0.4 is 0 Å². The maximum absolute atomic E-state index is 11.5. The van der Waals surface area contributed by atoms with E-state index in [1.54, 1.807) is 27.7 Å². The van der Waals surface area contributed by atoms with Gasteiger partial charge >= 0.3 is 5.97 Å². The van der Waals surface area contributed by atoms with Gasteiger partial charge in [-0.25, -0.2) is 4.79 Å². The Balaban J connectivity index is 0. The molecule has 0 spiro atoms. The molecule has 6 heteroatoms. The van der Waals surface area contributed by atoms with Crippen LogP contribution in [0.1, 0.15) is 27.7 Å². The molecule has 0 heterocycles. The third-order valence-electron chi connectivity index (χ3n) is 1.55.